The van der Waals surface area contributed by atoms with Crippen LogP contribution in [0.15, 0.2) is 24.3 Å². The van der Waals surface area contributed by atoms with Crippen molar-refractivity contribution in [2.24, 2.45) is 5.92 Å². The third-order valence-corrected chi connectivity index (χ3v) is 3.91. The van der Waals surface area contributed by atoms with E-state index < -0.39 is 5.97 Å². The largest absolute Gasteiger partial charge is 0.481 e. The number of amides is 1. The Balaban J connectivity index is 2.04. The molecule has 0 saturated heterocycles. The van der Waals surface area contributed by atoms with Gasteiger partial charge in [-0.1, -0.05) is 18.2 Å². The predicted octanol–water partition coefficient (Wildman–Crippen LogP) is 1.62. The van der Waals surface area contributed by atoms with Crippen LogP contribution >= 0.6 is 0 Å². The zero-order valence-electron chi connectivity index (χ0n) is 12.6. The van der Waals surface area contributed by atoms with E-state index >= 15 is 0 Å². The Hall–Kier alpha value is -2.04. The SMILES string of the molecule is CN(C)C(=O)CCCN1CC(C(=O)O)Cc2ccccc21. The highest BCUT2D eigenvalue weighted by Crippen LogP contribution is 2.29. The summed E-state index contributed by atoms with van der Waals surface area (Å²) in [6, 6.07) is 7.93. The summed E-state index contributed by atoms with van der Waals surface area (Å²) in [6.07, 6.45) is 1.81. The predicted molar refractivity (Wildman–Crippen MR) is 81.4 cm³/mol. The number of fused-ring (bicyclic) bond motifs is 1. The number of carboxylic acid groups (broad SMARTS) is 1. The second-order valence-corrected chi connectivity index (χ2v) is 5.71. The Kier molecular flexibility index (Phi) is 4.83. The quantitative estimate of drug-likeness (QED) is 0.895. The molecular weight excluding hydrogens is 268 g/mol. The highest BCUT2D eigenvalue weighted by atomic mass is 16.4. The highest BCUT2D eigenvalue weighted by Gasteiger charge is 2.28. The normalized spacial score (nSPS) is 17.2. The molecule has 114 valence electrons. The minimum absolute atomic E-state index is 0.107. The summed E-state index contributed by atoms with van der Waals surface area (Å²) >= 11 is 0. The molecule has 0 spiro atoms. The fourth-order valence-electron chi connectivity index (χ4n) is 2.71. The number of para-hydroxylation sites is 1. The molecular formula is C16H22N2O3. The van der Waals surface area contributed by atoms with Crippen molar-refractivity contribution in [3.63, 3.8) is 0 Å². The summed E-state index contributed by atoms with van der Waals surface area (Å²) in [5, 5.41) is 9.28. The average molecular weight is 290 g/mol. The van der Waals surface area contributed by atoms with E-state index in [-0.39, 0.29) is 11.8 Å². The maximum absolute atomic E-state index is 11.6. The minimum atomic E-state index is -0.751. The number of carbonyl (C=O) groups excluding carboxylic acids is 1. The maximum Gasteiger partial charge on any atom is 0.308 e. The number of benzene rings is 1. The van der Waals surface area contributed by atoms with Crippen LogP contribution in [0.2, 0.25) is 0 Å². The summed E-state index contributed by atoms with van der Waals surface area (Å²) in [5.41, 5.74) is 2.18. The number of hydrogen-bond acceptors (Lipinski definition) is 3. The van der Waals surface area contributed by atoms with E-state index in [2.05, 4.69) is 4.90 Å². The van der Waals surface area contributed by atoms with Crippen molar-refractivity contribution in [1.82, 2.24) is 4.90 Å². The monoisotopic (exact) mass is 290 g/mol. The van der Waals surface area contributed by atoms with E-state index in [1.54, 1.807) is 19.0 Å². The number of carboxylic acids is 1. The van der Waals surface area contributed by atoms with E-state index in [1.165, 1.54) is 0 Å². The molecule has 1 heterocycles. The first-order valence-corrected chi connectivity index (χ1v) is 7.25. The fraction of sp³-hybridized carbons (Fsp3) is 0.500. The first-order chi connectivity index (χ1) is 9.99. The standard InChI is InChI=1S/C16H22N2O3/c1-17(2)15(19)8-5-9-18-11-13(16(20)21)10-12-6-3-4-7-14(12)18/h3-4,6-7,13H,5,8-11H2,1-2H3,(H,20,21). The van der Waals surface area contributed by atoms with Crippen LogP contribution in [0.5, 0.6) is 0 Å². The van der Waals surface area contributed by atoms with Crippen LogP contribution in [-0.4, -0.2) is 49.1 Å². The van der Waals surface area contributed by atoms with Gasteiger partial charge in [-0.05, 0) is 24.5 Å². The van der Waals surface area contributed by atoms with E-state index in [1.807, 2.05) is 24.3 Å². The van der Waals surface area contributed by atoms with Gasteiger partial charge in [-0.25, -0.2) is 0 Å². The fourth-order valence-corrected chi connectivity index (χ4v) is 2.71. The molecule has 21 heavy (non-hydrogen) atoms. The molecule has 1 atom stereocenters. The van der Waals surface area contributed by atoms with Crippen LogP contribution in [-0.2, 0) is 16.0 Å². The molecule has 5 heteroatoms. The summed E-state index contributed by atoms with van der Waals surface area (Å²) in [5.74, 6) is -1.02. The van der Waals surface area contributed by atoms with Crippen LogP contribution in [0, 0.1) is 5.92 Å². The summed E-state index contributed by atoms with van der Waals surface area (Å²) < 4.78 is 0. The highest BCUT2D eigenvalue weighted by molar-refractivity contribution is 5.76. The van der Waals surface area contributed by atoms with Gasteiger partial charge in [-0.15, -0.1) is 0 Å². The van der Waals surface area contributed by atoms with Crippen molar-refractivity contribution < 1.29 is 14.7 Å². The third-order valence-electron chi connectivity index (χ3n) is 3.91. The molecule has 1 amide bonds. The lowest BCUT2D eigenvalue weighted by Gasteiger charge is -2.34. The first-order valence-electron chi connectivity index (χ1n) is 7.25. The Bertz CT molecular complexity index is 528. The molecule has 0 aliphatic carbocycles. The molecule has 0 bridgehead atoms. The molecule has 2 rings (SSSR count). The molecule has 1 aliphatic rings. The number of aliphatic carboxylic acids is 1. The van der Waals surface area contributed by atoms with Crippen LogP contribution in [0.4, 0.5) is 5.69 Å². The van der Waals surface area contributed by atoms with Gasteiger partial charge >= 0.3 is 5.97 Å². The molecule has 0 radical (unpaired) electrons. The molecule has 1 unspecified atom stereocenters. The number of anilines is 1. The molecule has 1 aromatic rings. The van der Waals surface area contributed by atoms with E-state index in [4.69, 9.17) is 0 Å². The minimum Gasteiger partial charge on any atom is -0.481 e. The molecule has 0 fully saturated rings. The maximum atomic E-state index is 11.6. The lowest BCUT2D eigenvalue weighted by molar-refractivity contribution is -0.141. The zero-order chi connectivity index (χ0) is 15.4. The van der Waals surface area contributed by atoms with Crippen LogP contribution in [0.1, 0.15) is 18.4 Å². The Labute approximate surface area is 125 Å². The van der Waals surface area contributed by atoms with Crippen molar-refractivity contribution in [1.29, 1.82) is 0 Å². The van der Waals surface area contributed by atoms with Gasteiger partial charge in [0, 0.05) is 39.3 Å². The topological polar surface area (TPSA) is 60.9 Å². The van der Waals surface area contributed by atoms with E-state index in [9.17, 15) is 14.7 Å². The van der Waals surface area contributed by atoms with Crippen molar-refractivity contribution >= 4 is 17.6 Å². The number of rotatable bonds is 5. The molecule has 0 saturated carbocycles. The number of hydrogen-bond donors (Lipinski definition) is 1. The van der Waals surface area contributed by atoms with Gasteiger partial charge < -0.3 is 14.9 Å². The molecule has 1 aromatic carbocycles. The number of nitrogens with zero attached hydrogens (tertiary/aromatic N) is 2. The van der Waals surface area contributed by atoms with Gasteiger partial charge in [0.15, 0.2) is 0 Å². The van der Waals surface area contributed by atoms with E-state index in [0.717, 1.165) is 17.7 Å². The van der Waals surface area contributed by atoms with Gasteiger partial charge in [0.1, 0.15) is 0 Å². The second-order valence-electron chi connectivity index (χ2n) is 5.71. The third kappa shape index (κ3) is 3.74. The Morgan fingerprint density at radius 1 is 1.33 bits per heavy atom. The summed E-state index contributed by atoms with van der Waals surface area (Å²) in [6.45, 7) is 1.23. The molecule has 5 nitrogen and oxygen atoms in total. The lowest BCUT2D eigenvalue weighted by Crippen LogP contribution is -2.39. The second kappa shape index (κ2) is 6.61. The smallest absolute Gasteiger partial charge is 0.308 e. The first kappa shape index (κ1) is 15.4. The van der Waals surface area contributed by atoms with E-state index in [0.29, 0.717) is 25.9 Å². The van der Waals surface area contributed by atoms with Crippen LogP contribution in [0.3, 0.4) is 0 Å². The molecule has 0 aromatic heterocycles. The van der Waals surface area contributed by atoms with Gasteiger partial charge in [-0.3, -0.25) is 9.59 Å². The lowest BCUT2D eigenvalue weighted by atomic mass is 9.92. The molecule has 1 N–H and O–H groups in total. The zero-order valence-corrected chi connectivity index (χ0v) is 12.6. The van der Waals surface area contributed by atoms with Gasteiger partial charge in [0.25, 0.3) is 0 Å². The van der Waals surface area contributed by atoms with Crippen molar-refractivity contribution in [3.05, 3.63) is 29.8 Å². The number of carbonyl (C=O) groups is 2. The van der Waals surface area contributed by atoms with Crippen LogP contribution in [0.25, 0.3) is 0 Å². The average Bonchev–Trinajstić information content (AvgIpc) is 2.46. The van der Waals surface area contributed by atoms with Crippen LogP contribution < -0.4 is 4.90 Å². The van der Waals surface area contributed by atoms with Crippen molar-refractivity contribution in [3.8, 4) is 0 Å². The van der Waals surface area contributed by atoms with Gasteiger partial charge in [-0.2, -0.15) is 0 Å². The Morgan fingerprint density at radius 2 is 2.05 bits per heavy atom. The summed E-state index contributed by atoms with van der Waals surface area (Å²) in [4.78, 5) is 26.6. The van der Waals surface area contributed by atoms with Crippen molar-refractivity contribution in [2.45, 2.75) is 19.3 Å². The van der Waals surface area contributed by atoms with Gasteiger partial charge in [0.05, 0.1) is 5.92 Å². The Morgan fingerprint density at radius 3 is 2.71 bits per heavy atom. The van der Waals surface area contributed by atoms with Gasteiger partial charge in [0.2, 0.25) is 5.91 Å². The summed E-state index contributed by atoms with van der Waals surface area (Å²) in [7, 11) is 3.50. The molecule has 1 aliphatic heterocycles. The van der Waals surface area contributed by atoms with Crippen molar-refractivity contribution in [2.75, 3.05) is 32.1 Å².